The van der Waals surface area contributed by atoms with Gasteiger partial charge in [0.05, 0.1) is 0 Å². The third-order valence-corrected chi connectivity index (χ3v) is 3.04. The Morgan fingerprint density at radius 1 is 1.35 bits per heavy atom. The SMILES string of the molecule is C=CCCn1ccc2c(CNCC)cccc21. The lowest BCUT2D eigenvalue weighted by Crippen LogP contribution is -2.11. The molecule has 0 aliphatic heterocycles. The summed E-state index contributed by atoms with van der Waals surface area (Å²) in [7, 11) is 0. The molecule has 0 spiro atoms. The molecule has 0 radical (unpaired) electrons. The van der Waals surface area contributed by atoms with E-state index in [1.165, 1.54) is 16.5 Å². The molecule has 0 fully saturated rings. The van der Waals surface area contributed by atoms with Gasteiger partial charge in [-0.25, -0.2) is 0 Å². The van der Waals surface area contributed by atoms with Crippen LogP contribution in [0, 0.1) is 0 Å². The van der Waals surface area contributed by atoms with Gasteiger partial charge in [-0.15, -0.1) is 6.58 Å². The largest absolute Gasteiger partial charge is 0.347 e. The number of nitrogens with one attached hydrogen (secondary N) is 1. The van der Waals surface area contributed by atoms with Crippen LogP contribution in [0.25, 0.3) is 10.9 Å². The zero-order chi connectivity index (χ0) is 12.1. The van der Waals surface area contributed by atoms with Crippen LogP contribution in [0.15, 0.2) is 43.1 Å². The molecule has 2 heteroatoms. The fourth-order valence-electron chi connectivity index (χ4n) is 2.13. The van der Waals surface area contributed by atoms with E-state index in [0.29, 0.717) is 0 Å². The van der Waals surface area contributed by atoms with Gasteiger partial charge in [-0.2, -0.15) is 0 Å². The van der Waals surface area contributed by atoms with Gasteiger partial charge in [0.1, 0.15) is 0 Å². The highest BCUT2D eigenvalue weighted by molar-refractivity contribution is 5.83. The van der Waals surface area contributed by atoms with E-state index in [1.807, 2.05) is 6.08 Å². The second-order valence-corrected chi connectivity index (χ2v) is 4.22. The second-order valence-electron chi connectivity index (χ2n) is 4.22. The molecule has 0 atom stereocenters. The highest BCUT2D eigenvalue weighted by Gasteiger charge is 2.04. The van der Waals surface area contributed by atoms with Crippen molar-refractivity contribution in [2.75, 3.05) is 6.54 Å². The lowest BCUT2D eigenvalue weighted by Gasteiger charge is -2.06. The molecule has 0 saturated heterocycles. The molecule has 0 unspecified atom stereocenters. The summed E-state index contributed by atoms with van der Waals surface area (Å²) in [6.45, 7) is 8.87. The van der Waals surface area contributed by atoms with Gasteiger partial charge in [0.2, 0.25) is 0 Å². The van der Waals surface area contributed by atoms with Crippen molar-refractivity contribution < 1.29 is 0 Å². The Bertz CT molecular complexity index is 497. The van der Waals surface area contributed by atoms with Crippen molar-refractivity contribution >= 4 is 10.9 Å². The predicted octanol–water partition coefficient (Wildman–Crippen LogP) is 3.33. The number of aryl methyl sites for hydroxylation is 1. The Morgan fingerprint density at radius 2 is 2.24 bits per heavy atom. The molecule has 0 amide bonds. The normalized spacial score (nSPS) is 10.9. The highest BCUT2D eigenvalue weighted by Crippen LogP contribution is 2.20. The molecule has 17 heavy (non-hydrogen) atoms. The summed E-state index contributed by atoms with van der Waals surface area (Å²) in [6.07, 6.45) is 5.15. The predicted molar refractivity (Wildman–Crippen MR) is 74.1 cm³/mol. The van der Waals surface area contributed by atoms with Crippen molar-refractivity contribution in [2.45, 2.75) is 26.4 Å². The summed E-state index contributed by atoms with van der Waals surface area (Å²) >= 11 is 0. The van der Waals surface area contributed by atoms with Gasteiger partial charge in [0, 0.05) is 30.2 Å². The Morgan fingerprint density at radius 3 is 3.00 bits per heavy atom. The topological polar surface area (TPSA) is 17.0 Å². The summed E-state index contributed by atoms with van der Waals surface area (Å²) in [6, 6.07) is 8.74. The highest BCUT2D eigenvalue weighted by atomic mass is 14.9. The second kappa shape index (κ2) is 5.69. The van der Waals surface area contributed by atoms with Crippen LogP contribution in [0.3, 0.4) is 0 Å². The molecule has 2 nitrogen and oxygen atoms in total. The smallest absolute Gasteiger partial charge is 0.0483 e. The van der Waals surface area contributed by atoms with Crippen molar-refractivity contribution in [3.05, 3.63) is 48.7 Å². The first-order chi connectivity index (χ1) is 8.36. The van der Waals surface area contributed by atoms with E-state index in [1.54, 1.807) is 0 Å². The average Bonchev–Trinajstić information content (AvgIpc) is 2.77. The first-order valence-electron chi connectivity index (χ1n) is 6.25. The Hall–Kier alpha value is -1.54. The molecule has 0 aliphatic rings. The summed E-state index contributed by atoms with van der Waals surface area (Å²) < 4.78 is 2.30. The Balaban J connectivity index is 2.31. The third kappa shape index (κ3) is 2.59. The van der Waals surface area contributed by atoms with Crippen molar-refractivity contribution in [3.8, 4) is 0 Å². The maximum atomic E-state index is 3.77. The number of rotatable bonds is 6. The molecule has 0 saturated carbocycles. The van der Waals surface area contributed by atoms with E-state index in [2.05, 4.69) is 53.8 Å². The van der Waals surface area contributed by atoms with Crippen LogP contribution in [-0.4, -0.2) is 11.1 Å². The summed E-state index contributed by atoms with van der Waals surface area (Å²) in [4.78, 5) is 0. The number of aromatic nitrogens is 1. The summed E-state index contributed by atoms with van der Waals surface area (Å²) in [5.41, 5.74) is 2.70. The lowest BCUT2D eigenvalue weighted by atomic mass is 10.1. The fraction of sp³-hybridized carbons (Fsp3) is 0.333. The average molecular weight is 228 g/mol. The van der Waals surface area contributed by atoms with Crippen LogP contribution in [-0.2, 0) is 13.1 Å². The number of fused-ring (bicyclic) bond motifs is 1. The molecule has 1 N–H and O–H groups in total. The minimum Gasteiger partial charge on any atom is -0.347 e. The van der Waals surface area contributed by atoms with Gasteiger partial charge < -0.3 is 9.88 Å². The van der Waals surface area contributed by atoms with E-state index in [0.717, 1.165) is 26.1 Å². The molecule has 90 valence electrons. The number of benzene rings is 1. The van der Waals surface area contributed by atoms with Crippen LogP contribution < -0.4 is 5.32 Å². The van der Waals surface area contributed by atoms with E-state index in [9.17, 15) is 0 Å². The molecule has 0 aliphatic carbocycles. The molecule has 2 aromatic rings. The van der Waals surface area contributed by atoms with Gasteiger partial charge in [-0.05, 0) is 30.7 Å². The van der Waals surface area contributed by atoms with Gasteiger partial charge >= 0.3 is 0 Å². The van der Waals surface area contributed by atoms with Crippen LogP contribution in [0.4, 0.5) is 0 Å². The van der Waals surface area contributed by atoms with Crippen LogP contribution in [0.1, 0.15) is 18.9 Å². The van der Waals surface area contributed by atoms with E-state index in [4.69, 9.17) is 0 Å². The van der Waals surface area contributed by atoms with Crippen LogP contribution in [0.5, 0.6) is 0 Å². The van der Waals surface area contributed by atoms with Crippen molar-refractivity contribution in [1.82, 2.24) is 9.88 Å². The van der Waals surface area contributed by atoms with E-state index in [-0.39, 0.29) is 0 Å². The minimum absolute atomic E-state index is 0.944. The molecular weight excluding hydrogens is 208 g/mol. The van der Waals surface area contributed by atoms with Gasteiger partial charge in [0.15, 0.2) is 0 Å². The molecule has 1 aromatic heterocycles. The first kappa shape index (κ1) is 11.9. The Kier molecular flexibility index (Phi) is 3.99. The number of allylic oxidation sites excluding steroid dienone is 1. The number of nitrogens with zero attached hydrogens (tertiary/aromatic N) is 1. The zero-order valence-electron chi connectivity index (χ0n) is 10.4. The molecular formula is C15H20N2. The Labute approximate surface area is 103 Å². The van der Waals surface area contributed by atoms with Crippen molar-refractivity contribution in [3.63, 3.8) is 0 Å². The summed E-state index contributed by atoms with van der Waals surface area (Å²) in [5.74, 6) is 0. The first-order valence-corrected chi connectivity index (χ1v) is 6.25. The lowest BCUT2D eigenvalue weighted by molar-refractivity contribution is 0.728. The molecule has 0 bridgehead atoms. The van der Waals surface area contributed by atoms with Crippen molar-refractivity contribution in [1.29, 1.82) is 0 Å². The maximum absolute atomic E-state index is 3.77. The summed E-state index contributed by atoms with van der Waals surface area (Å²) in [5, 5.41) is 4.74. The van der Waals surface area contributed by atoms with Crippen molar-refractivity contribution in [2.24, 2.45) is 0 Å². The zero-order valence-corrected chi connectivity index (χ0v) is 10.4. The quantitative estimate of drug-likeness (QED) is 0.750. The standard InChI is InChI=1S/C15H20N2/c1-3-5-10-17-11-9-14-13(12-16-4-2)7-6-8-15(14)17/h3,6-9,11,16H,1,4-5,10,12H2,2H3. The number of hydrogen-bond acceptors (Lipinski definition) is 1. The number of hydrogen-bond donors (Lipinski definition) is 1. The molecule has 1 heterocycles. The monoisotopic (exact) mass is 228 g/mol. The van der Waals surface area contributed by atoms with Gasteiger partial charge in [-0.3, -0.25) is 0 Å². The van der Waals surface area contributed by atoms with Gasteiger partial charge in [0.25, 0.3) is 0 Å². The van der Waals surface area contributed by atoms with E-state index < -0.39 is 0 Å². The third-order valence-electron chi connectivity index (χ3n) is 3.04. The maximum Gasteiger partial charge on any atom is 0.0483 e. The van der Waals surface area contributed by atoms with Crippen LogP contribution in [0.2, 0.25) is 0 Å². The van der Waals surface area contributed by atoms with E-state index >= 15 is 0 Å². The molecule has 2 rings (SSSR count). The van der Waals surface area contributed by atoms with Gasteiger partial charge in [-0.1, -0.05) is 25.1 Å². The fourth-order valence-corrected chi connectivity index (χ4v) is 2.13. The minimum atomic E-state index is 0.944. The van der Waals surface area contributed by atoms with Crippen LogP contribution >= 0.6 is 0 Å². The molecule has 1 aromatic carbocycles.